The number of amides is 1. The van der Waals surface area contributed by atoms with Crippen LogP contribution < -0.4 is 15.0 Å². The third kappa shape index (κ3) is 2.03. The Balaban J connectivity index is 1.84. The molecule has 0 spiro atoms. The molecule has 2 N–H and O–H groups in total. The van der Waals surface area contributed by atoms with Crippen molar-refractivity contribution >= 4 is 17.4 Å². The summed E-state index contributed by atoms with van der Waals surface area (Å²) in [5, 5.41) is 13.0. The van der Waals surface area contributed by atoms with Gasteiger partial charge in [-0.3, -0.25) is 9.59 Å². The number of ether oxygens (including phenoxy) is 1. The van der Waals surface area contributed by atoms with Crippen LogP contribution in [0.2, 0.25) is 0 Å². The molecule has 2 aromatic rings. The van der Waals surface area contributed by atoms with Crippen molar-refractivity contribution < 1.29 is 19.4 Å². The number of ketones is 1. The van der Waals surface area contributed by atoms with Gasteiger partial charge in [-0.2, -0.15) is 0 Å². The van der Waals surface area contributed by atoms with E-state index in [9.17, 15) is 14.7 Å². The van der Waals surface area contributed by atoms with Crippen LogP contribution in [-0.4, -0.2) is 30.5 Å². The van der Waals surface area contributed by atoms with Crippen LogP contribution in [-0.2, 0) is 0 Å². The molecule has 1 amide bonds. The Morgan fingerprint density at radius 2 is 2.00 bits per heavy atom. The molecule has 0 aliphatic carbocycles. The fourth-order valence-electron chi connectivity index (χ4n) is 3.41. The fourth-order valence-corrected chi connectivity index (χ4v) is 3.41. The summed E-state index contributed by atoms with van der Waals surface area (Å²) in [6, 6.07) is 10.2. The van der Waals surface area contributed by atoms with E-state index in [1.165, 1.54) is 7.11 Å². The largest absolute Gasteiger partial charge is 0.504 e. The number of nitrogens with one attached hydrogen (secondary N) is 1. The highest BCUT2D eigenvalue weighted by Gasteiger charge is 2.37. The minimum atomic E-state index is -0.434. The van der Waals surface area contributed by atoms with Gasteiger partial charge >= 0.3 is 0 Å². The fraction of sp³-hybridized carbons (Fsp3) is 0.222. The molecule has 0 saturated heterocycles. The second-order valence-corrected chi connectivity index (χ2v) is 5.88. The first-order valence-electron chi connectivity index (χ1n) is 7.71. The van der Waals surface area contributed by atoms with E-state index in [2.05, 4.69) is 5.32 Å². The summed E-state index contributed by atoms with van der Waals surface area (Å²) in [5.41, 5.74) is 2.50. The number of para-hydroxylation sites is 1. The van der Waals surface area contributed by atoms with Crippen LogP contribution in [0.1, 0.15) is 38.9 Å². The quantitative estimate of drug-likeness (QED) is 0.886. The number of rotatable bonds is 2. The number of anilines is 1. The predicted octanol–water partition coefficient (Wildman–Crippen LogP) is 2.24. The molecule has 0 bridgehead atoms. The van der Waals surface area contributed by atoms with Gasteiger partial charge < -0.3 is 20.1 Å². The van der Waals surface area contributed by atoms with Gasteiger partial charge in [-0.05, 0) is 29.8 Å². The molecule has 0 fully saturated rings. The summed E-state index contributed by atoms with van der Waals surface area (Å²) < 4.78 is 5.07. The van der Waals surface area contributed by atoms with E-state index >= 15 is 0 Å². The third-order valence-electron chi connectivity index (χ3n) is 4.55. The summed E-state index contributed by atoms with van der Waals surface area (Å²) in [7, 11) is 1.48. The van der Waals surface area contributed by atoms with Crippen LogP contribution in [0.4, 0.5) is 5.69 Å². The molecule has 6 heteroatoms. The lowest BCUT2D eigenvalue weighted by Crippen LogP contribution is -2.49. The third-order valence-corrected chi connectivity index (χ3v) is 4.55. The molecule has 122 valence electrons. The smallest absolute Gasteiger partial charge is 0.255 e. The SMILES string of the molecule is COc1ccc(C2NC(=O)c3cccc4c3N2CCC4=O)cc1O. The van der Waals surface area contributed by atoms with Gasteiger partial charge in [-0.25, -0.2) is 0 Å². The number of carbonyl (C=O) groups is 2. The van der Waals surface area contributed by atoms with Crippen molar-refractivity contribution in [3.63, 3.8) is 0 Å². The summed E-state index contributed by atoms with van der Waals surface area (Å²) in [6.07, 6.45) is -0.0404. The highest BCUT2D eigenvalue weighted by atomic mass is 16.5. The maximum atomic E-state index is 12.5. The highest BCUT2D eigenvalue weighted by molar-refractivity contribution is 6.11. The second-order valence-electron chi connectivity index (χ2n) is 5.88. The predicted molar refractivity (Wildman–Crippen MR) is 87.6 cm³/mol. The van der Waals surface area contributed by atoms with Crippen LogP contribution in [0.25, 0.3) is 0 Å². The molecule has 4 rings (SSSR count). The van der Waals surface area contributed by atoms with E-state index in [4.69, 9.17) is 4.74 Å². The van der Waals surface area contributed by atoms with E-state index < -0.39 is 6.17 Å². The summed E-state index contributed by atoms with van der Waals surface area (Å²) >= 11 is 0. The number of aromatic hydroxyl groups is 1. The lowest BCUT2D eigenvalue weighted by molar-refractivity contribution is 0.0921. The second kappa shape index (κ2) is 5.26. The molecule has 6 nitrogen and oxygen atoms in total. The van der Waals surface area contributed by atoms with Crippen LogP contribution in [0, 0.1) is 0 Å². The van der Waals surface area contributed by atoms with Crippen LogP contribution >= 0.6 is 0 Å². The molecule has 2 aliphatic rings. The minimum absolute atomic E-state index is 0.0106. The number of methoxy groups -OCH3 is 1. The number of hydrogen-bond donors (Lipinski definition) is 2. The van der Waals surface area contributed by atoms with E-state index in [0.29, 0.717) is 35.5 Å². The first-order chi connectivity index (χ1) is 11.6. The zero-order chi connectivity index (χ0) is 16.8. The number of nitrogens with zero attached hydrogens (tertiary/aromatic N) is 1. The highest BCUT2D eigenvalue weighted by Crippen LogP contribution is 2.40. The molecule has 2 aliphatic heterocycles. The summed E-state index contributed by atoms with van der Waals surface area (Å²) in [6.45, 7) is 0.514. The first-order valence-corrected chi connectivity index (χ1v) is 7.71. The van der Waals surface area contributed by atoms with Crippen molar-refractivity contribution in [2.45, 2.75) is 12.6 Å². The molecule has 1 unspecified atom stereocenters. The first kappa shape index (κ1) is 14.6. The van der Waals surface area contributed by atoms with E-state index in [1.54, 1.807) is 36.4 Å². The number of hydrogen-bond acceptors (Lipinski definition) is 5. The van der Waals surface area contributed by atoms with Gasteiger partial charge in [0.05, 0.1) is 18.4 Å². The molecule has 2 aromatic carbocycles. The zero-order valence-electron chi connectivity index (χ0n) is 13.1. The standard InChI is InChI=1S/C18H16N2O4/c1-24-15-6-5-10(9-14(15)22)17-19-18(23)12-4-2-3-11-13(21)7-8-20(17)16(11)12/h2-6,9,17,22H,7-8H2,1H3,(H,19,23). The van der Waals surface area contributed by atoms with Crippen LogP contribution in [0.3, 0.4) is 0 Å². The van der Waals surface area contributed by atoms with Gasteiger partial charge in [0.15, 0.2) is 17.3 Å². The Bertz CT molecular complexity index is 848. The zero-order valence-corrected chi connectivity index (χ0v) is 13.1. The molecular weight excluding hydrogens is 308 g/mol. The van der Waals surface area contributed by atoms with Crippen molar-refractivity contribution in [3.05, 3.63) is 53.1 Å². The van der Waals surface area contributed by atoms with Crippen molar-refractivity contribution in [2.75, 3.05) is 18.6 Å². The maximum Gasteiger partial charge on any atom is 0.255 e. The van der Waals surface area contributed by atoms with Gasteiger partial charge in [0, 0.05) is 18.5 Å². The summed E-state index contributed by atoms with van der Waals surface area (Å²) in [4.78, 5) is 26.7. The van der Waals surface area contributed by atoms with Gasteiger partial charge in [0.1, 0.15) is 6.17 Å². The van der Waals surface area contributed by atoms with E-state index in [-0.39, 0.29) is 17.4 Å². The molecule has 0 radical (unpaired) electrons. The van der Waals surface area contributed by atoms with Gasteiger partial charge in [-0.1, -0.05) is 12.1 Å². The Labute approximate surface area is 138 Å². The van der Waals surface area contributed by atoms with Gasteiger partial charge in [-0.15, -0.1) is 0 Å². The normalized spacial score (nSPS) is 18.9. The Morgan fingerprint density at radius 3 is 2.75 bits per heavy atom. The van der Waals surface area contributed by atoms with Crippen LogP contribution in [0.15, 0.2) is 36.4 Å². The van der Waals surface area contributed by atoms with Crippen molar-refractivity contribution in [1.29, 1.82) is 0 Å². The van der Waals surface area contributed by atoms with Crippen LogP contribution in [0.5, 0.6) is 11.5 Å². The lowest BCUT2D eigenvalue weighted by Gasteiger charge is -2.42. The molecule has 1 atom stereocenters. The number of phenolic OH excluding ortho intramolecular Hbond substituents is 1. The molecule has 24 heavy (non-hydrogen) atoms. The van der Waals surface area contributed by atoms with Gasteiger partial charge in [0.2, 0.25) is 0 Å². The Kier molecular flexibility index (Phi) is 3.19. The molecule has 0 aromatic heterocycles. The topological polar surface area (TPSA) is 78.9 Å². The Morgan fingerprint density at radius 1 is 1.21 bits per heavy atom. The van der Waals surface area contributed by atoms with E-state index in [1.807, 2.05) is 4.90 Å². The van der Waals surface area contributed by atoms with Crippen molar-refractivity contribution in [2.24, 2.45) is 0 Å². The average molecular weight is 324 g/mol. The number of benzene rings is 2. The minimum Gasteiger partial charge on any atom is -0.504 e. The monoisotopic (exact) mass is 324 g/mol. The summed E-state index contributed by atoms with van der Waals surface area (Å²) in [5.74, 6) is 0.208. The van der Waals surface area contributed by atoms with Crippen molar-refractivity contribution in [3.8, 4) is 11.5 Å². The Hall–Kier alpha value is -3.02. The number of Topliss-reactive ketones (excluding diaryl/α,β-unsaturated/α-hetero) is 1. The molecule has 0 saturated carbocycles. The lowest BCUT2D eigenvalue weighted by atomic mass is 9.92. The average Bonchev–Trinajstić information content (AvgIpc) is 2.59. The van der Waals surface area contributed by atoms with E-state index in [0.717, 1.165) is 5.56 Å². The van der Waals surface area contributed by atoms with Gasteiger partial charge in [0.25, 0.3) is 5.91 Å². The molecule has 2 heterocycles. The number of carbonyl (C=O) groups excluding carboxylic acids is 2. The number of phenols is 1. The van der Waals surface area contributed by atoms with Crippen molar-refractivity contribution in [1.82, 2.24) is 5.32 Å². The maximum absolute atomic E-state index is 12.5. The molecular formula is C18H16N2O4.